The standard InChI is InChI=1S/C7H14OS/c1-2-7(8)5-3-4-6-9/h9H,2-6H2,1H3. The third-order valence-electron chi connectivity index (χ3n) is 1.26. The van der Waals surface area contributed by atoms with Gasteiger partial charge in [0.25, 0.3) is 0 Å². The molecule has 0 bridgehead atoms. The molecule has 0 spiro atoms. The van der Waals surface area contributed by atoms with Crippen LogP contribution < -0.4 is 0 Å². The predicted molar refractivity (Wildman–Crippen MR) is 43.0 cm³/mol. The molecule has 0 aliphatic rings. The molecule has 0 unspecified atom stereocenters. The van der Waals surface area contributed by atoms with Crippen molar-refractivity contribution in [2.75, 3.05) is 5.75 Å². The van der Waals surface area contributed by atoms with Crippen LogP contribution in [0, 0.1) is 0 Å². The molecule has 54 valence electrons. The molecule has 2 heteroatoms. The van der Waals surface area contributed by atoms with Crippen LogP contribution in [-0.4, -0.2) is 11.5 Å². The summed E-state index contributed by atoms with van der Waals surface area (Å²) in [5, 5.41) is 0. The number of thiol groups is 1. The minimum atomic E-state index is 0.372. The van der Waals surface area contributed by atoms with Crippen LogP contribution in [0.15, 0.2) is 0 Å². The molecule has 0 rings (SSSR count). The van der Waals surface area contributed by atoms with Crippen molar-refractivity contribution in [1.82, 2.24) is 0 Å². The summed E-state index contributed by atoms with van der Waals surface area (Å²) in [7, 11) is 0. The van der Waals surface area contributed by atoms with Crippen LogP contribution in [0.1, 0.15) is 32.6 Å². The number of ketones is 1. The molecule has 9 heavy (non-hydrogen) atoms. The lowest BCUT2D eigenvalue weighted by atomic mass is 10.1. The number of rotatable bonds is 5. The summed E-state index contributed by atoms with van der Waals surface area (Å²) in [6.07, 6.45) is 3.51. The molecule has 0 atom stereocenters. The Bertz CT molecular complexity index is 81.0. The first-order valence-corrected chi connectivity index (χ1v) is 4.07. The number of hydrogen-bond donors (Lipinski definition) is 1. The topological polar surface area (TPSA) is 17.1 Å². The van der Waals surface area contributed by atoms with E-state index in [4.69, 9.17) is 0 Å². The highest BCUT2D eigenvalue weighted by Crippen LogP contribution is 1.99. The van der Waals surface area contributed by atoms with Crippen molar-refractivity contribution in [2.24, 2.45) is 0 Å². The van der Waals surface area contributed by atoms with Crippen LogP contribution >= 0.6 is 12.6 Å². The van der Waals surface area contributed by atoms with E-state index in [9.17, 15) is 4.79 Å². The highest BCUT2D eigenvalue weighted by molar-refractivity contribution is 7.80. The molecule has 0 aliphatic heterocycles. The second-order valence-corrected chi connectivity index (χ2v) is 2.52. The van der Waals surface area contributed by atoms with Crippen LogP contribution in [0.25, 0.3) is 0 Å². The Morgan fingerprint density at radius 3 is 2.56 bits per heavy atom. The number of carbonyl (C=O) groups excluding carboxylic acids is 1. The Balaban J connectivity index is 2.97. The second-order valence-electron chi connectivity index (χ2n) is 2.07. The van der Waals surface area contributed by atoms with E-state index in [1.807, 2.05) is 6.92 Å². The van der Waals surface area contributed by atoms with Gasteiger partial charge in [0, 0.05) is 12.8 Å². The fourth-order valence-corrected chi connectivity index (χ4v) is 0.834. The molecule has 0 aromatic carbocycles. The van der Waals surface area contributed by atoms with Crippen LogP contribution in [0.4, 0.5) is 0 Å². The predicted octanol–water partition coefficient (Wildman–Crippen LogP) is 2.07. The van der Waals surface area contributed by atoms with Crippen molar-refractivity contribution >= 4 is 18.4 Å². The quantitative estimate of drug-likeness (QED) is 0.464. The summed E-state index contributed by atoms with van der Waals surface area (Å²) in [6, 6.07) is 0. The van der Waals surface area contributed by atoms with Crippen molar-refractivity contribution in [1.29, 1.82) is 0 Å². The summed E-state index contributed by atoms with van der Waals surface area (Å²) in [6.45, 7) is 1.91. The minimum Gasteiger partial charge on any atom is -0.300 e. The molecule has 0 N–H and O–H groups in total. The first-order chi connectivity index (χ1) is 4.31. The molecule has 0 saturated heterocycles. The lowest BCUT2D eigenvalue weighted by molar-refractivity contribution is -0.118. The van der Waals surface area contributed by atoms with Gasteiger partial charge in [-0.1, -0.05) is 6.92 Å². The first-order valence-electron chi connectivity index (χ1n) is 3.43. The number of hydrogen-bond acceptors (Lipinski definition) is 2. The molecule has 0 aliphatic carbocycles. The van der Waals surface area contributed by atoms with Crippen LogP contribution in [0.5, 0.6) is 0 Å². The zero-order valence-electron chi connectivity index (χ0n) is 5.89. The summed E-state index contributed by atoms with van der Waals surface area (Å²) >= 11 is 4.04. The normalized spacial score (nSPS) is 9.56. The van der Waals surface area contributed by atoms with E-state index in [1.54, 1.807) is 0 Å². The van der Waals surface area contributed by atoms with Gasteiger partial charge in [-0.15, -0.1) is 0 Å². The van der Waals surface area contributed by atoms with E-state index >= 15 is 0 Å². The lowest BCUT2D eigenvalue weighted by Crippen LogP contribution is -1.94. The first kappa shape index (κ1) is 9.02. The van der Waals surface area contributed by atoms with E-state index < -0.39 is 0 Å². The second kappa shape index (κ2) is 6.14. The average Bonchev–Trinajstić information content (AvgIpc) is 1.89. The summed E-state index contributed by atoms with van der Waals surface area (Å²) in [5.41, 5.74) is 0. The smallest absolute Gasteiger partial charge is 0.132 e. The number of unbranched alkanes of at least 4 members (excludes halogenated alkanes) is 1. The van der Waals surface area contributed by atoms with Gasteiger partial charge >= 0.3 is 0 Å². The Morgan fingerprint density at radius 2 is 2.11 bits per heavy atom. The molecule has 0 heterocycles. The minimum absolute atomic E-state index is 0.372. The van der Waals surface area contributed by atoms with Gasteiger partial charge in [0.1, 0.15) is 5.78 Å². The summed E-state index contributed by atoms with van der Waals surface area (Å²) < 4.78 is 0. The SMILES string of the molecule is CCC(=O)CCCCS. The van der Waals surface area contributed by atoms with E-state index in [0.29, 0.717) is 12.2 Å². The van der Waals surface area contributed by atoms with E-state index in [0.717, 1.165) is 25.0 Å². The zero-order chi connectivity index (χ0) is 7.11. The lowest BCUT2D eigenvalue weighted by Gasteiger charge is -1.93. The monoisotopic (exact) mass is 146 g/mol. The van der Waals surface area contributed by atoms with Crippen LogP contribution in [0.2, 0.25) is 0 Å². The Morgan fingerprint density at radius 1 is 1.44 bits per heavy atom. The largest absolute Gasteiger partial charge is 0.300 e. The highest BCUT2D eigenvalue weighted by Gasteiger charge is 1.95. The maximum absolute atomic E-state index is 10.7. The molecule has 0 aromatic heterocycles. The molecule has 0 fully saturated rings. The molecule has 0 saturated carbocycles. The molecule has 0 aromatic rings. The van der Waals surface area contributed by atoms with Crippen molar-refractivity contribution in [2.45, 2.75) is 32.6 Å². The van der Waals surface area contributed by atoms with Gasteiger partial charge in [0.05, 0.1) is 0 Å². The van der Waals surface area contributed by atoms with Gasteiger partial charge in [0.15, 0.2) is 0 Å². The highest BCUT2D eigenvalue weighted by atomic mass is 32.1. The maximum atomic E-state index is 10.7. The van der Waals surface area contributed by atoms with Gasteiger partial charge in [-0.25, -0.2) is 0 Å². The molecule has 1 nitrogen and oxygen atoms in total. The van der Waals surface area contributed by atoms with Gasteiger partial charge in [-0.05, 0) is 18.6 Å². The van der Waals surface area contributed by atoms with E-state index in [1.165, 1.54) is 0 Å². The van der Waals surface area contributed by atoms with Gasteiger partial charge in [-0.3, -0.25) is 4.79 Å². The zero-order valence-corrected chi connectivity index (χ0v) is 6.79. The third-order valence-corrected chi connectivity index (χ3v) is 1.57. The van der Waals surface area contributed by atoms with Gasteiger partial charge in [0.2, 0.25) is 0 Å². The van der Waals surface area contributed by atoms with Crippen LogP contribution in [-0.2, 0) is 4.79 Å². The fraction of sp³-hybridized carbons (Fsp3) is 0.857. The average molecular weight is 146 g/mol. The Hall–Kier alpha value is 0.0200. The molecule has 0 amide bonds. The van der Waals surface area contributed by atoms with Crippen molar-refractivity contribution < 1.29 is 4.79 Å². The fourth-order valence-electron chi connectivity index (χ4n) is 0.611. The van der Waals surface area contributed by atoms with Crippen molar-refractivity contribution in [3.63, 3.8) is 0 Å². The number of Topliss-reactive ketones (excluding diaryl/α,β-unsaturated/α-hetero) is 1. The Kier molecular flexibility index (Phi) is 6.16. The number of carbonyl (C=O) groups is 1. The molecule has 0 radical (unpaired) electrons. The van der Waals surface area contributed by atoms with Crippen molar-refractivity contribution in [3.8, 4) is 0 Å². The maximum Gasteiger partial charge on any atom is 0.132 e. The summed E-state index contributed by atoms with van der Waals surface area (Å²) in [5.74, 6) is 1.27. The van der Waals surface area contributed by atoms with E-state index in [2.05, 4.69) is 12.6 Å². The van der Waals surface area contributed by atoms with Crippen LogP contribution in [0.3, 0.4) is 0 Å². The summed E-state index contributed by atoms with van der Waals surface area (Å²) in [4.78, 5) is 10.7. The van der Waals surface area contributed by atoms with Gasteiger partial charge < -0.3 is 0 Å². The third kappa shape index (κ3) is 5.90. The van der Waals surface area contributed by atoms with E-state index in [-0.39, 0.29) is 0 Å². The Labute approximate surface area is 62.2 Å². The molecular formula is C7H14OS. The molecular weight excluding hydrogens is 132 g/mol. The van der Waals surface area contributed by atoms with Gasteiger partial charge in [-0.2, -0.15) is 12.6 Å². The van der Waals surface area contributed by atoms with Crippen molar-refractivity contribution in [3.05, 3.63) is 0 Å².